The molecule has 1 heterocycles. The standard InChI is InChI=1S/C8H18BNO2/c1-7-5-6-10(3,4)9(11,12)8(7)2/h5-8,11-12H,1-4H3. The summed E-state index contributed by atoms with van der Waals surface area (Å²) >= 11 is 0. The van der Waals surface area contributed by atoms with Gasteiger partial charge in [0.25, 0.3) is 0 Å². The molecule has 12 heavy (non-hydrogen) atoms. The van der Waals surface area contributed by atoms with Crippen molar-refractivity contribution in [3.8, 4) is 0 Å². The first-order valence-corrected chi connectivity index (χ1v) is 4.42. The van der Waals surface area contributed by atoms with E-state index in [0.29, 0.717) is 0 Å². The van der Waals surface area contributed by atoms with Crippen LogP contribution in [0.5, 0.6) is 0 Å². The number of hydrogen-bond donors (Lipinski definition) is 2. The van der Waals surface area contributed by atoms with Gasteiger partial charge in [0.15, 0.2) is 0 Å². The molecule has 0 aromatic heterocycles. The minimum absolute atomic E-state index is 0.0787. The van der Waals surface area contributed by atoms with Gasteiger partial charge in [0, 0.05) is 14.1 Å². The fraction of sp³-hybridized carbons (Fsp3) is 0.750. The SMILES string of the molecule is CC1C=C[N+](C)(C)[B-](O)(O)C1C. The van der Waals surface area contributed by atoms with Crippen LogP contribution in [0.4, 0.5) is 0 Å². The smallest absolute Gasteiger partial charge is 0.475 e. The number of hydrogen-bond acceptors (Lipinski definition) is 2. The Balaban J connectivity index is 3.05. The van der Waals surface area contributed by atoms with Crippen LogP contribution in [0, 0.1) is 5.92 Å². The second kappa shape index (κ2) is 2.59. The van der Waals surface area contributed by atoms with E-state index in [9.17, 15) is 10.0 Å². The molecule has 0 amide bonds. The molecule has 0 spiro atoms. The maximum Gasteiger partial charge on any atom is 0.475 e. The summed E-state index contributed by atoms with van der Waals surface area (Å²) in [5.74, 6) is 0.163. The zero-order valence-corrected chi connectivity index (χ0v) is 8.23. The van der Waals surface area contributed by atoms with E-state index in [2.05, 4.69) is 0 Å². The fourth-order valence-electron chi connectivity index (χ4n) is 1.67. The van der Waals surface area contributed by atoms with Crippen molar-refractivity contribution in [1.82, 2.24) is 0 Å². The molecule has 4 heteroatoms. The summed E-state index contributed by atoms with van der Waals surface area (Å²) in [6, 6.07) is 0. The van der Waals surface area contributed by atoms with E-state index < -0.39 is 6.69 Å². The summed E-state index contributed by atoms with van der Waals surface area (Å²) in [5, 5.41) is 19.8. The summed E-state index contributed by atoms with van der Waals surface area (Å²) < 4.78 is 0.172. The predicted octanol–water partition coefficient (Wildman–Crippen LogP) is 0.540. The van der Waals surface area contributed by atoms with Crippen molar-refractivity contribution in [2.75, 3.05) is 14.1 Å². The third-order valence-corrected chi connectivity index (χ3v) is 3.29. The van der Waals surface area contributed by atoms with Crippen LogP contribution in [0.25, 0.3) is 0 Å². The molecule has 0 fully saturated rings. The first kappa shape index (κ1) is 9.77. The van der Waals surface area contributed by atoms with Gasteiger partial charge in [-0.15, -0.1) is 0 Å². The zero-order valence-electron chi connectivity index (χ0n) is 8.23. The van der Waals surface area contributed by atoms with Gasteiger partial charge in [-0.05, 0) is 17.8 Å². The Morgan fingerprint density at radius 2 is 1.75 bits per heavy atom. The summed E-state index contributed by atoms with van der Waals surface area (Å²) in [4.78, 5) is 0. The minimum atomic E-state index is -2.31. The van der Waals surface area contributed by atoms with E-state index in [0.717, 1.165) is 0 Å². The van der Waals surface area contributed by atoms with Crippen LogP contribution < -0.4 is 0 Å². The van der Waals surface area contributed by atoms with Gasteiger partial charge in [-0.3, -0.25) is 0 Å². The van der Waals surface area contributed by atoms with E-state index in [1.807, 2.05) is 26.1 Å². The van der Waals surface area contributed by atoms with Crippen LogP contribution in [-0.4, -0.2) is 35.2 Å². The van der Waals surface area contributed by atoms with Crippen molar-refractivity contribution in [2.45, 2.75) is 19.7 Å². The summed E-state index contributed by atoms with van der Waals surface area (Å²) in [5.41, 5.74) is 0. The van der Waals surface area contributed by atoms with Gasteiger partial charge in [0.1, 0.15) is 0 Å². The molecule has 1 aliphatic heterocycles. The van der Waals surface area contributed by atoms with Crippen LogP contribution in [0.1, 0.15) is 13.8 Å². The molecule has 3 nitrogen and oxygen atoms in total. The molecule has 1 rings (SSSR count). The Morgan fingerprint density at radius 1 is 1.25 bits per heavy atom. The van der Waals surface area contributed by atoms with Gasteiger partial charge in [-0.1, -0.05) is 13.8 Å². The fourth-order valence-corrected chi connectivity index (χ4v) is 1.67. The number of quaternary nitrogens is 1. The highest BCUT2D eigenvalue weighted by Gasteiger charge is 2.48. The minimum Gasteiger partial charge on any atom is -0.528 e. The van der Waals surface area contributed by atoms with Gasteiger partial charge < -0.3 is 14.4 Å². The number of nitrogens with zero attached hydrogens (tertiary/aromatic N) is 1. The van der Waals surface area contributed by atoms with Crippen molar-refractivity contribution in [3.63, 3.8) is 0 Å². The lowest BCUT2D eigenvalue weighted by Crippen LogP contribution is -2.66. The highest BCUT2D eigenvalue weighted by molar-refractivity contribution is 6.59. The Labute approximate surface area is 73.9 Å². The zero-order chi connectivity index (χ0) is 9.57. The molecular formula is C8H18BNO2. The van der Waals surface area contributed by atoms with Gasteiger partial charge in [0.05, 0.1) is 6.20 Å². The lowest BCUT2D eigenvalue weighted by atomic mass is 9.51. The lowest BCUT2D eigenvalue weighted by Gasteiger charge is -2.51. The molecule has 2 N–H and O–H groups in total. The normalized spacial score (nSPS) is 38.2. The average molecular weight is 171 g/mol. The second-order valence-electron chi connectivity index (χ2n) is 4.48. The molecule has 1 aliphatic rings. The van der Waals surface area contributed by atoms with Crippen LogP contribution in [0.2, 0.25) is 5.82 Å². The second-order valence-corrected chi connectivity index (χ2v) is 4.48. The monoisotopic (exact) mass is 171 g/mol. The van der Waals surface area contributed by atoms with Crippen LogP contribution in [0.15, 0.2) is 12.3 Å². The average Bonchev–Trinajstić information content (AvgIpc) is 1.96. The van der Waals surface area contributed by atoms with Crippen molar-refractivity contribution >= 4 is 6.69 Å². The Kier molecular flexibility index (Phi) is 2.11. The van der Waals surface area contributed by atoms with Crippen molar-refractivity contribution in [2.24, 2.45) is 5.92 Å². The maximum atomic E-state index is 9.88. The molecule has 0 bridgehead atoms. The summed E-state index contributed by atoms with van der Waals surface area (Å²) in [6.45, 7) is 1.57. The topological polar surface area (TPSA) is 40.5 Å². The molecule has 0 saturated heterocycles. The third-order valence-electron chi connectivity index (χ3n) is 3.29. The molecule has 0 aromatic carbocycles. The Morgan fingerprint density at radius 3 is 2.17 bits per heavy atom. The number of allylic oxidation sites excluding steroid dienone is 1. The van der Waals surface area contributed by atoms with Crippen molar-refractivity contribution < 1.29 is 14.4 Å². The van der Waals surface area contributed by atoms with Crippen LogP contribution in [-0.2, 0) is 0 Å². The highest BCUT2D eigenvalue weighted by Crippen LogP contribution is 2.35. The molecule has 70 valence electrons. The van der Waals surface area contributed by atoms with Crippen molar-refractivity contribution in [3.05, 3.63) is 12.3 Å². The van der Waals surface area contributed by atoms with Crippen LogP contribution in [0.3, 0.4) is 0 Å². The quantitative estimate of drug-likeness (QED) is 0.522. The molecule has 0 aromatic rings. The van der Waals surface area contributed by atoms with Gasteiger partial charge in [0.2, 0.25) is 0 Å². The first-order chi connectivity index (χ1) is 5.29. The van der Waals surface area contributed by atoms with Gasteiger partial charge in [-0.25, -0.2) is 0 Å². The molecule has 0 radical (unpaired) electrons. The molecule has 2 atom stereocenters. The third kappa shape index (κ3) is 1.20. The van der Waals surface area contributed by atoms with E-state index in [1.54, 1.807) is 14.1 Å². The summed E-state index contributed by atoms with van der Waals surface area (Å²) in [6.07, 6.45) is 3.89. The van der Waals surface area contributed by atoms with Crippen LogP contribution >= 0.6 is 0 Å². The lowest BCUT2D eigenvalue weighted by molar-refractivity contribution is -0.757. The predicted molar refractivity (Wildman–Crippen MR) is 50.0 cm³/mol. The molecule has 0 saturated carbocycles. The maximum absolute atomic E-state index is 9.88. The first-order valence-electron chi connectivity index (χ1n) is 4.42. The van der Waals surface area contributed by atoms with E-state index in [-0.39, 0.29) is 16.1 Å². The highest BCUT2D eigenvalue weighted by atomic mass is 16.4. The van der Waals surface area contributed by atoms with E-state index >= 15 is 0 Å². The Hall–Kier alpha value is -0.315. The summed E-state index contributed by atoms with van der Waals surface area (Å²) in [7, 11) is 3.61. The number of rotatable bonds is 0. The van der Waals surface area contributed by atoms with E-state index in [1.165, 1.54) is 0 Å². The largest absolute Gasteiger partial charge is 0.528 e. The molecule has 0 aliphatic carbocycles. The van der Waals surface area contributed by atoms with E-state index in [4.69, 9.17) is 0 Å². The molecular weight excluding hydrogens is 153 g/mol. The van der Waals surface area contributed by atoms with Gasteiger partial charge in [-0.2, -0.15) is 0 Å². The Bertz CT molecular complexity index is 213. The molecule has 2 unspecified atom stereocenters. The van der Waals surface area contributed by atoms with Crippen molar-refractivity contribution in [1.29, 1.82) is 0 Å². The van der Waals surface area contributed by atoms with Gasteiger partial charge >= 0.3 is 6.69 Å².